The molecule has 40 valence electrons. The molecule has 0 spiro atoms. The first kappa shape index (κ1) is 4.89. The summed E-state index contributed by atoms with van der Waals surface area (Å²) in [4.78, 5) is 0. The van der Waals surface area contributed by atoms with Gasteiger partial charge in [0, 0.05) is 0 Å². The Kier molecular flexibility index (Phi) is 1.50. The topological polar surface area (TPSA) is 0 Å². The average Bonchev–Trinajstić information content (AvgIpc) is 2.14. The van der Waals surface area contributed by atoms with Gasteiger partial charge in [-0.15, -0.1) is 0 Å². The third-order valence-corrected chi connectivity index (χ3v) is 1.68. The Balaban J connectivity index is 2.22. The molecule has 0 aromatic heterocycles. The summed E-state index contributed by atoms with van der Waals surface area (Å²) < 4.78 is 0. The van der Waals surface area contributed by atoms with E-state index in [0.717, 1.165) is 5.92 Å². The van der Waals surface area contributed by atoms with Gasteiger partial charge in [-0.1, -0.05) is 25.5 Å². The second-order valence-corrected chi connectivity index (χ2v) is 2.22. The third kappa shape index (κ3) is 1.05. The van der Waals surface area contributed by atoms with Crippen LogP contribution in [-0.2, 0) is 0 Å². The Morgan fingerprint density at radius 2 is 2.00 bits per heavy atom. The van der Waals surface area contributed by atoms with E-state index in [1.165, 1.54) is 19.3 Å². The fourth-order valence-electron chi connectivity index (χ4n) is 1.01. The molecule has 0 nitrogen and oxygen atoms in total. The molecule has 0 saturated carbocycles. The van der Waals surface area contributed by atoms with Crippen LogP contribution in [0.2, 0.25) is 0 Å². The van der Waals surface area contributed by atoms with Crippen molar-refractivity contribution in [1.29, 1.82) is 0 Å². The maximum Gasteiger partial charge on any atom is -0.0319 e. The van der Waals surface area contributed by atoms with Gasteiger partial charge in [0.05, 0.1) is 0 Å². The van der Waals surface area contributed by atoms with Crippen molar-refractivity contribution in [3.63, 3.8) is 0 Å². The van der Waals surface area contributed by atoms with Gasteiger partial charge in [0.25, 0.3) is 0 Å². The molecule has 0 unspecified atom stereocenters. The van der Waals surface area contributed by atoms with Crippen LogP contribution in [0.1, 0.15) is 26.2 Å². The Hall–Kier alpha value is -0.260. The van der Waals surface area contributed by atoms with Gasteiger partial charge in [-0.25, -0.2) is 0 Å². The van der Waals surface area contributed by atoms with E-state index in [1.807, 2.05) is 0 Å². The lowest BCUT2D eigenvalue weighted by atomic mass is 10.1. The van der Waals surface area contributed by atoms with Crippen molar-refractivity contribution in [3.05, 3.63) is 12.2 Å². The zero-order chi connectivity index (χ0) is 5.11. The minimum absolute atomic E-state index is 0.986. The van der Waals surface area contributed by atoms with E-state index in [1.54, 1.807) is 0 Å². The second kappa shape index (κ2) is 2.15. The van der Waals surface area contributed by atoms with Crippen molar-refractivity contribution >= 4 is 0 Å². The molecule has 1 aliphatic rings. The van der Waals surface area contributed by atoms with Crippen molar-refractivity contribution in [2.24, 2.45) is 5.92 Å². The van der Waals surface area contributed by atoms with Gasteiger partial charge in [-0.3, -0.25) is 0 Å². The largest absolute Gasteiger partial charge is 0.0882 e. The first-order chi connectivity index (χ1) is 3.43. The van der Waals surface area contributed by atoms with Crippen LogP contribution < -0.4 is 0 Å². The van der Waals surface area contributed by atoms with E-state index in [-0.39, 0.29) is 0 Å². The molecule has 1 rings (SSSR count). The molecule has 0 radical (unpaired) electrons. The fourth-order valence-corrected chi connectivity index (χ4v) is 1.01. The number of hydrogen-bond donors (Lipinski definition) is 0. The van der Waals surface area contributed by atoms with Gasteiger partial charge < -0.3 is 0 Å². The van der Waals surface area contributed by atoms with Crippen molar-refractivity contribution in [1.82, 2.24) is 0 Å². The van der Waals surface area contributed by atoms with Gasteiger partial charge in [0.2, 0.25) is 0 Å². The van der Waals surface area contributed by atoms with E-state index < -0.39 is 0 Å². The summed E-state index contributed by atoms with van der Waals surface area (Å²) in [7, 11) is 0. The van der Waals surface area contributed by atoms with Gasteiger partial charge in [-0.2, -0.15) is 0 Å². The van der Waals surface area contributed by atoms with Crippen LogP contribution in [0.15, 0.2) is 12.2 Å². The van der Waals surface area contributed by atoms with Gasteiger partial charge in [0.15, 0.2) is 0 Å². The zero-order valence-corrected chi connectivity index (χ0v) is 4.85. The predicted octanol–water partition coefficient (Wildman–Crippen LogP) is 2.36. The van der Waals surface area contributed by atoms with Gasteiger partial charge >= 0.3 is 0 Å². The lowest BCUT2D eigenvalue weighted by molar-refractivity contribution is 0.551. The summed E-state index contributed by atoms with van der Waals surface area (Å²) in [5.41, 5.74) is 0. The standard InChI is InChI=1S/C7H12/c1-2-7-5-3-4-6-7/h3-4,7H,2,5-6H2,1H3. The first-order valence-corrected chi connectivity index (χ1v) is 3.08. The van der Waals surface area contributed by atoms with Crippen molar-refractivity contribution < 1.29 is 0 Å². The van der Waals surface area contributed by atoms with E-state index in [4.69, 9.17) is 0 Å². The number of rotatable bonds is 1. The summed E-state index contributed by atoms with van der Waals surface area (Å²) in [5, 5.41) is 0. The SMILES string of the molecule is CCC1CC=CC1. The maximum absolute atomic E-state index is 2.29. The molecule has 0 atom stereocenters. The molecule has 7 heavy (non-hydrogen) atoms. The lowest BCUT2D eigenvalue weighted by Crippen LogP contribution is -1.87. The van der Waals surface area contributed by atoms with Gasteiger partial charge in [-0.05, 0) is 18.8 Å². The highest BCUT2D eigenvalue weighted by Gasteiger charge is 2.04. The average molecular weight is 96.2 g/mol. The fraction of sp³-hybridized carbons (Fsp3) is 0.714. The highest BCUT2D eigenvalue weighted by atomic mass is 14.1. The van der Waals surface area contributed by atoms with E-state index in [2.05, 4.69) is 19.1 Å². The molecule has 1 aliphatic carbocycles. The highest BCUT2D eigenvalue weighted by Crippen LogP contribution is 2.19. The Morgan fingerprint density at radius 3 is 2.29 bits per heavy atom. The summed E-state index contributed by atoms with van der Waals surface area (Å²) in [6.07, 6.45) is 8.59. The van der Waals surface area contributed by atoms with Crippen LogP contribution in [0.5, 0.6) is 0 Å². The molecule has 0 heteroatoms. The molecule has 0 fully saturated rings. The number of allylic oxidation sites excluding steroid dienone is 2. The molecular weight excluding hydrogens is 84.1 g/mol. The minimum atomic E-state index is 0.986. The predicted molar refractivity (Wildman–Crippen MR) is 32.2 cm³/mol. The quantitative estimate of drug-likeness (QED) is 0.439. The summed E-state index contributed by atoms with van der Waals surface area (Å²) in [6.45, 7) is 2.26. The Bertz CT molecular complexity index is 64.1. The Morgan fingerprint density at radius 1 is 1.43 bits per heavy atom. The summed E-state index contributed by atoms with van der Waals surface area (Å²) >= 11 is 0. The van der Waals surface area contributed by atoms with Crippen LogP contribution in [0.3, 0.4) is 0 Å². The molecule has 0 heterocycles. The van der Waals surface area contributed by atoms with E-state index in [9.17, 15) is 0 Å². The number of hydrogen-bond acceptors (Lipinski definition) is 0. The van der Waals surface area contributed by atoms with Crippen LogP contribution >= 0.6 is 0 Å². The third-order valence-electron chi connectivity index (χ3n) is 1.68. The molecule has 0 aromatic rings. The highest BCUT2D eigenvalue weighted by molar-refractivity contribution is 4.93. The summed E-state index contributed by atoms with van der Waals surface area (Å²) in [6, 6.07) is 0. The molecule has 0 bridgehead atoms. The van der Waals surface area contributed by atoms with Gasteiger partial charge in [0.1, 0.15) is 0 Å². The zero-order valence-electron chi connectivity index (χ0n) is 4.85. The van der Waals surface area contributed by atoms with Crippen molar-refractivity contribution in [2.75, 3.05) is 0 Å². The smallest absolute Gasteiger partial charge is 0.0319 e. The lowest BCUT2D eigenvalue weighted by Gasteiger charge is -2.00. The Labute approximate surface area is 45.2 Å². The van der Waals surface area contributed by atoms with E-state index >= 15 is 0 Å². The van der Waals surface area contributed by atoms with E-state index in [0.29, 0.717) is 0 Å². The molecule has 0 N–H and O–H groups in total. The second-order valence-electron chi connectivity index (χ2n) is 2.22. The monoisotopic (exact) mass is 96.1 g/mol. The van der Waals surface area contributed by atoms with Crippen LogP contribution in [0.4, 0.5) is 0 Å². The maximum atomic E-state index is 2.29. The van der Waals surface area contributed by atoms with Crippen LogP contribution in [0, 0.1) is 5.92 Å². The minimum Gasteiger partial charge on any atom is -0.0882 e. The molecule has 0 aliphatic heterocycles. The normalized spacial score (nSPS) is 21.3. The summed E-state index contributed by atoms with van der Waals surface area (Å²) in [5.74, 6) is 0.986. The molecule has 0 aromatic carbocycles. The van der Waals surface area contributed by atoms with Crippen molar-refractivity contribution in [3.8, 4) is 0 Å². The van der Waals surface area contributed by atoms with Crippen molar-refractivity contribution in [2.45, 2.75) is 26.2 Å². The molecule has 0 saturated heterocycles. The van der Waals surface area contributed by atoms with Crippen LogP contribution in [-0.4, -0.2) is 0 Å². The molecular formula is C7H12. The first-order valence-electron chi connectivity index (χ1n) is 3.08. The van der Waals surface area contributed by atoms with Crippen LogP contribution in [0.25, 0.3) is 0 Å². The molecule has 0 amide bonds.